The van der Waals surface area contributed by atoms with Crippen LogP contribution in [0.15, 0.2) is 24.7 Å². The topological polar surface area (TPSA) is 89.3 Å². The number of pyridine rings is 1. The number of anilines is 1. The average molecular weight is 350 g/mol. The van der Waals surface area contributed by atoms with E-state index in [0.29, 0.717) is 6.54 Å². The maximum atomic E-state index is 13.1. The van der Waals surface area contributed by atoms with Crippen LogP contribution >= 0.6 is 0 Å². The molecule has 2 heterocycles. The molecule has 11 heteroatoms. The van der Waals surface area contributed by atoms with Crippen LogP contribution in [-0.2, 0) is 11.3 Å². The third-order valence-electron chi connectivity index (χ3n) is 2.59. The molecule has 24 heavy (non-hydrogen) atoms. The second kappa shape index (κ2) is 8.13. The van der Waals surface area contributed by atoms with Crippen molar-refractivity contribution in [3.63, 3.8) is 0 Å². The van der Waals surface area contributed by atoms with Gasteiger partial charge in [-0.05, 0) is 11.6 Å². The van der Waals surface area contributed by atoms with Gasteiger partial charge in [0.2, 0.25) is 0 Å². The number of rotatable bonds is 4. The summed E-state index contributed by atoms with van der Waals surface area (Å²) in [4.78, 5) is 12.5. The van der Waals surface area contributed by atoms with Gasteiger partial charge in [-0.25, -0.2) is 9.78 Å². The Balaban J connectivity index is 0.000000351. The molecule has 0 aliphatic heterocycles. The molecule has 0 fully saturated rings. The molecular formula is C13H14F4N4O3. The first-order chi connectivity index (χ1) is 11.2. The molecule has 0 unspecified atom stereocenters. The number of ether oxygens (including phenoxy) is 1. The number of hydrogen-bond donors (Lipinski definition) is 2. The molecule has 0 bridgehead atoms. The van der Waals surface area contributed by atoms with Crippen molar-refractivity contribution in [1.82, 2.24) is 14.8 Å². The number of halogens is 4. The average Bonchev–Trinajstić information content (AvgIpc) is 2.96. The monoisotopic (exact) mass is 350 g/mol. The Hall–Kier alpha value is -2.85. The van der Waals surface area contributed by atoms with Gasteiger partial charge in [-0.1, -0.05) is 0 Å². The molecule has 2 rings (SSSR count). The number of methoxy groups -OCH3 is 1. The summed E-state index contributed by atoms with van der Waals surface area (Å²) in [5.74, 6) is -3.22. The minimum atomic E-state index is -5.08. The zero-order chi connectivity index (χ0) is 18.3. The van der Waals surface area contributed by atoms with Crippen molar-refractivity contribution < 1.29 is 32.2 Å². The molecule has 0 atom stereocenters. The lowest BCUT2D eigenvalue weighted by Gasteiger charge is -2.05. The molecule has 2 aromatic rings. The molecule has 0 saturated heterocycles. The zero-order valence-electron chi connectivity index (χ0n) is 12.6. The second-order valence-electron chi connectivity index (χ2n) is 4.32. The molecule has 0 radical (unpaired) electrons. The van der Waals surface area contributed by atoms with E-state index >= 15 is 0 Å². The summed E-state index contributed by atoms with van der Waals surface area (Å²) in [5, 5.41) is 14.3. The van der Waals surface area contributed by atoms with E-state index in [0.717, 1.165) is 11.3 Å². The van der Waals surface area contributed by atoms with Gasteiger partial charge in [0.15, 0.2) is 5.75 Å². The number of carbonyl (C=O) groups is 1. The van der Waals surface area contributed by atoms with Crippen LogP contribution in [-0.4, -0.2) is 46.2 Å². The van der Waals surface area contributed by atoms with Crippen molar-refractivity contribution in [1.29, 1.82) is 0 Å². The largest absolute Gasteiger partial charge is 0.492 e. The molecule has 2 aromatic heterocycles. The predicted molar refractivity (Wildman–Crippen MR) is 75.3 cm³/mol. The minimum Gasteiger partial charge on any atom is -0.492 e. The highest BCUT2D eigenvalue weighted by Crippen LogP contribution is 2.16. The summed E-state index contributed by atoms with van der Waals surface area (Å²) >= 11 is 0. The molecule has 7 nitrogen and oxygen atoms in total. The van der Waals surface area contributed by atoms with Crippen LogP contribution in [0, 0.1) is 5.95 Å². The molecule has 132 valence electrons. The van der Waals surface area contributed by atoms with E-state index in [9.17, 15) is 17.6 Å². The Morgan fingerprint density at radius 2 is 2.04 bits per heavy atom. The van der Waals surface area contributed by atoms with Gasteiger partial charge in [0.05, 0.1) is 25.5 Å². The third kappa shape index (κ3) is 5.74. The molecule has 0 aliphatic rings. The first-order valence-corrected chi connectivity index (χ1v) is 6.36. The number of carboxylic acid groups (broad SMARTS) is 1. The van der Waals surface area contributed by atoms with Gasteiger partial charge in [0, 0.05) is 19.4 Å². The lowest BCUT2D eigenvalue weighted by molar-refractivity contribution is -0.192. The van der Waals surface area contributed by atoms with E-state index in [-0.39, 0.29) is 5.75 Å². The van der Waals surface area contributed by atoms with Gasteiger partial charge in [0.25, 0.3) is 5.95 Å². The first-order valence-electron chi connectivity index (χ1n) is 6.36. The van der Waals surface area contributed by atoms with Crippen molar-refractivity contribution in [3.05, 3.63) is 36.2 Å². The fourth-order valence-corrected chi connectivity index (χ4v) is 1.46. The van der Waals surface area contributed by atoms with E-state index in [1.54, 1.807) is 16.9 Å². The van der Waals surface area contributed by atoms with E-state index < -0.39 is 18.1 Å². The molecule has 2 N–H and O–H groups in total. The van der Waals surface area contributed by atoms with Crippen LogP contribution in [0.1, 0.15) is 5.56 Å². The fraction of sp³-hybridized carbons (Fsp3) is 0.308. The van der Waals surface area contributed by atoms with Crippen molar-refractivity contribution >= 4 is 11.7 Å². The van der Waals surface area contributed by atoms with E-state index in [1.165, 1.54) is 13.3 Å². The highest BCUT2D eigenvalue weighted by molar-refractivity contribution is 5.73. The molecule has 0 aromatic carbocycles. The predicted octanol–water partition coefficient (Wildman–Crippen LogP) is 2.15. The SMILES string of the molecule is CNc1cnn(Cc2cnc(F)c(OC)c2)c1.O=C(O)C(F)(F)F. The summed E-state index contributed by atoms with van der Waals surface area (Å²) < 4.78 is 51.4. The number of nitrogens with one attached hydrogen (secondary N) is 1. The van der Waals surface area contributed by atoms with Crippen molar-refractivity contribution in [3.8, 4) is 5.75 Å². The molecule has 0 aliphatic carbocycles. The maximum Gasteiger partial charge on any atom is 0.490 e. The van der Waals surface area contributed by atoms with Crippen molar-refractivity contribution in [2.24, 2.45) is 0 Å². The molecular weight excluding hydrogens is 336 g/mol. The van der Waals surface area contributed by atoms with Gasteiger partial charge >= 0.3 is 12.1 Å². The van der Waals surface area contributed by atoms with Crippen molar-refractivity contribution in [2.45, 2.75) is 12.7 Å². The van der Waals surface area contributed by atoms with Gasteiger partial charge in [0.1, 0.15) is 0 Å². The summed E-state index contributed by atoms with van der Waals surface area (Å²) in [7, 11) is 3.24. The number of aromatic nitrogens is 3. The van der Waals surface area contributed by atoms with Gasteiger partial charge in [-0.15, -0.1) is 0 Å². The summed E-state index contributed by atoms with van der Waals surface area (Å²) in [6.07, 6.45) is -0.0391. The lowest BCUT2D eigenvalue weighted by atomic mass is 10.3. The first kappa shape index (κ1) is 19.2. The van der Waals surface area contributed by atoms with Gasteiger partial charge in [-0.3, -0.25) is 4.68 Å². The summed E-state index contributed by atoms with van der Waals surface area (Å²) in [6.45, 7) is 0.519. The highest BCUT2D eigenvalue weighted by Gasteiger charge is 2.38. The Kier molecular flexibility index (Phi) is 6.50. The summed E-state index contributed by atoms with van der Waals surface area (Å²) in [5.41, 5.74) is 1.75. The summed E-state index contributed by atoms with van der Waals surface area (Å²) in [6, 6.07) is 1.61. The number of nitrogens with zero attached hydrogens (tertiary/aromatic N) is 3. The Morgan fingerprint density at radius 1 is 1.42 bits per heavy atom. The fourth-order valence-electron chi connectivity index (χ4n) is 1.46. The van der Waals surface area contributed by atoms with Crippen LogP contribution in [0.25, 0.3) is 0 Å². The number of aliphatic carboxylic acids is 1. The maximum absolute atomic E-state index is 13.1. The van der Waals surface area contributed by atoms with Crippen LogP contribution in [0.2, 0.25) is 0 Å². The third-order valence-corrected chi connectivity index (χ3v) is 2.59. The van der Waals surface area contributed by atoms with Crippen LogP contribution in [0.5, 0.6) is 5.75 Å². The second-order valence-corrected chi connectivity index (χ2v) is 4.32. The minimum absolute atomic E-state index is 0.142. The van der Waals surface area contributed by atoms with E-state index in [1.807, 2.05) is 13.2 Å². The van der Waals surface area contributed by atoms with Gasteiger partial charge < -0.3 is 15.2 Å². The Morgan fingerprint density at radius 3 is 2.50 bits per heavy atom. The quantitative estimate of drug-likeness (QED) is 0.649. The molecule has 0 saturated carbocycles. The van der Waals surface area contributed by atoms with Crippen molar-refractivity contribution in [2.75, 3.05) is 19.5 Å². The highest BCUT2D eigenvalue weighted by atomic mass is 19.4. The van der Waals surface area contributed by atoms with E-state index in [2.05, 4.69) is 15.4 Å². The smallest absolute Gasteiger partial charge is 0.490 e. The standard InChI is InChI=1S/C11H13FN4O.C2HF3O2/c1-13-9-5-15-16(7-9)6-8-3-10(17-2)11(12)14-4-8;3-2(4,5)1(6)7/h3-5,7,13H,6H2,1-2H3;(H,6,7). The zero-order valence-corrected chi connectivity index (χ0v) is 12.6. The normalized spacial score (nSPS) is 10.6. The number of hydrogen-bond acceptors (Lipinski definition) is 5. The van der Waals surface area contributed by atoms with Crippen LogP contribution in [0.4, 0.5) is 23.2 Å². The van der Waals surface area contributed by atoms with Gasteiger partial charge in [-0.2, -0.15) is 22.7 Å². The Bertz CT molecular complexity index is 688. The molecule has 0 amide bonds. The van der Waals surface area contributed by atoms with Crippen LogP contribution in [0.3, 0.4) is 0 Å². The number of alkyl halides is 3. The van der Waals surface area contributed by atoms with Crippen LogP contribution < -0.4 is 10.1 Å². The van der Waals surface area contributed by atoms with E-state index in [4.69, 9.17) is 14.6 Å². The molecule has 0 spiro atoms. The number of carboxylic acids is 1. The lowest BCUT2D eigenvalue weighted by Crippen LogP contribution is -2.21. The Labute approximate surface area is 133 Å².